The van der Waals surface area contributed by atoms with Crippen LogP contribution >= 0.6 is 22.9 Å². The molecule has 204 valence electrons. The zero-order chi connectivity index (χ0) is 27.8. The molecule has 1 amide bonds. The lowest BCUT2D eigenvalue weighted by atomic mass is 10.1. The maximum absolute atomic E-state index is 12.7. The van der Waals surface area contributed by atoms with Crippen LogP contribution in [0.1, 0.15) is 52.0 Å². The minimum absolute atomic E-state index is 0.0503. The second-order valence-corrected chi connectivity index (χ2v) is 18.0. The van der Waals surface area contributed by atoms with Crippen LogP contribution in [-0.2, 0) is 15.6 Å². The van der Waals surface area contributed by atoms with Crippen molar-refractivity contribution >= 4 is 59.3 Å². The van der Waals surface area contributed by atoms with E-state index in [0.29, 0.717) is 24.7 Å². The monoisotopic (exact) mass is 566 g/mol. The normalized spacial score (nSPS) is 13.6. The fraction of sp³-hybridized carbons (Fsp3) is 0.577. The van der Waals surface area contributed by atoms with Crippen LogP contribution in [0.2, 0.25) is 23.4 Å². The van der Waals surface area contributed by atoms with Crippen LogP contribution in [0.25, 0.3) is 10.2 Å². The standard InChI is InChI=1S/C26H39ClN4O4SSi/c1-16-18(36-21-20(16)29-23(27)30-22(21)31(8)19-12-11-13-33-19)14-17(28-24(32)35-25(2,3)4)15-34-37(9,10)26(5,6)7/h11-13,17H,14-15H2,1-10H3,(H,28,32)/t17-/m1/s1. The molecule has 0 aliphatic carbocycles. The predicted octanol–water partition coefficient (Wildman–Crippen LogP) is 7.47. The number of rotatable bonds is 8. The summed E-state index contributed by atoms with van der Waals surface area (Å²) in [6, 6.07) is 3.40. The van der Waals surface area contributed by atoms with E-state index in [1.807, 2.05) is 51.8 Å². The number of amides is 1. The van der Waals surface area contributed by atoms with Crippen molar-refractivity contribution in [1.82, 2.24) is 15.3 Å². The van der Waals surface area contributed by atoms with Crippen molar-refractivity contribution in [2.24, 2.45) is 0 Å². The number of anilines is 2. The smallest absolute Gasteiger partial charge is 0.407 e. The van der Waals surface area contributed by atoms with Gasteiger partial charge in [0.05, 0.1) is 29.1 Å². The average molecular weight is 567 g/mol. The van der Waals surface area contributed by atoms with Gasteiger partial charge in [0.15, 0.2) is 14.1 Å². The van der Waals surface area contributed by atoms with Gasteiger partial charge in [0.2, 0.25) is 11.2 Å². The summed E-state index contributed by atoms with van der Waals surface area (Å²) in [6.45, 7) is 19.0. The SMILES string of the molecule is Cc1c(C[C@H](CO[Si](C)(C)C(C)(C)C)NC(=O)OC(C)(C)C)sc2c(N(C)c3ccco3)nc(Cl)nc12. The first-order chi connectivity index (χ1) is 17.0. The highest BCUT2D eigenvalue weighted by molar-refractivity contribution is 7.19. The van der Waals surface area contributed by atoms with Gasteiger partial charge in [-0.15, -0.1) is 11.3 Å². The number of furan rings is 1. The molecule has 0 unspecified atom stereocenters. The first-order valence-electron chi connectivity index (χ1n) is 12.3. The molecular weight excluding hydrogens is 528 g/mol. The lowest BCUT2D eigenvalue weighted by molar-refractivity contribution is 0.0485. The fourth-order valence-electron chi connectivity index (χ4n) is 3.45. The molecule has 0 saturated heterocycles. The van der Waals surface area contributed by atoms with Gasteiger partial charge in [0.25, 0.3) is 0 Å². The van der Waals surface area contributed by atoms with Crippen molar-refractivity contribution in [3.63, 3.8) is 0 Å². The number of halogens is 1. The van der Waals surface area contributed by atoms with Crippen molar-refractivity contribution in [2.45, 2.75) is 84.7 Å². The molecule has 3 heterocycles. The first kappa shape index (κ1) is 29.4. The Balaban J connectivity index is 1.95. The molecule has 1 atom stereocenters. The Morgan fingerprint density at radius 2 is 1.92 bits per heavy atom. The number of nitrogens with zero attached hydrogens (tertiary/aromatic N) is 3. The van der Waals surface area contributed by atoms with Gasteiger partial charge in [-0.3, -0.25) is 4.90 Å². The van der Waals surface area contributed by atoms with Crippen molar-refractivity contribution in [3.8, 4) is 0 Å². The summed E-state index contributed by atoms with van der Waals surface area (Å²) < 4.78 is 18.5. The Kier molecular flexibility index (Phi) is 8.68. The van der Waals surface area contributed by atoms with E-state index in [2.05, 4.69) is 49.1 Å². The number of aryl methyl sites for hydroxylation is 1. The number of thiophene rings is 1. The average Bonchev–Trinajstić information content (AvgIpc) is 3.38. The van der Waals surface area contributed by atoms with Crippen LogP contribution in [0.4, 0.5) is 16.5 Å². The molecule has 0 aliphatic heterocycles. The number of fused-ring (bicyclic) bond motifs is 1. The molecule has 0 radical (unpaired) electrons. The van der Waals surface area contributed by atoms with Crippen molar-refractivity contribution in [1.29, 1.82) is 0 Å². The highest BCUT2D eigenvalue weighted by Crippen LogP contribution is 2.39. The number of alkyl carbamates (subject to hydrolysis) is 1. The number of hydrogen-bond acceptors (Lipinski definition) is 8. The Bertz CT molecular complexity index is 1230. The quantitative estimate of drug-likeness (QED) is 0.223. The maximum Gasteiger partial charge on any atom is 0.407 e. The van der Waals surface area contributed by atoms with Crippen molar-refractivity contribution in [3.05, 3.63) is 34.1 Å². The molecular formula is C26H39ClN4O4SSi. The number of ether oxygens (including phenoxy) is 1. The molecule has 11 heteroatoms. The van der Waals surface area contributed by atoms with E-state index >= 15 is 0 Å². The van der Waals surface area contributed by atoms with Crippen molar-refractivity contribution in [2.75, 3.05) is 18.6 Å². The van der Waals surface area contributed by atoms with Crippen molar-refractivity contribution < 1.29 is 18.4 Å². The zero-order valence-corrected chi connectivity index (χ0v) is 26.1. The van der Waals surface area contributed by atoms with Gasteiger partial charge in [-0.25, -0.2) is 9.78 Å². The number of hydrogen-bond donors (Lipinski definition) is 1. The van der Waals surface area contributed by atoms with Gasteiger partial charge in [0, 0.05) is 24.4 Å². The molecule has 1 N–H and O–H groups in total. The highest BCUT2D eigenvalue weighted by Gasteiger charge is 2.38. The second kappa shape index (κ2) is 10.9. The van der Waals surface area contributed by atoms with Gasteiger partial charge < -0.3 is 18.9 Å². The highest BCUT2D eigenvalue weighted by atomic mass is 35.5. The summed E-state index contributed by atoms with van der Waals surface area (Å²) in [4.78, 5) is 24.7. The summed E-state index contributed by atoms with van der Waals surface area (Å²) in [7, 11) is -0.155. The molecule has 8 nitrogen and oxygen atoms in total. The third-order valence-electron chi connectivity index (χ3n) is 6.58. The summed E-state index contributed by atoms with van der Waals surface area (Å²) in [6.07, 6.45) is 1.71. The Morgan fingerprint density at radius 1 is 1.24 bits per heavy atom. The van der Waals surface area contributed by atoms with Gasteiger partial charge >= 0.3 is 6.09 Å². The fourth-order valence-corrected chi connectivity index (χ4v) is 6.02. The Labute approximate surface area is 229 Å². The van der Waals surface area contributed by atoms with Gasteiger partial charge in [-0.1, -0.05) is 20.8 Å². The summed E-state index contributed by atoms with van der Waals surface area (Å²) in [5.74, 6) is 1.31. The van der Waals surface area contributed by atoms with E-state index in [9.17, 15) is 4.79 Å². The molecule has 3 aromatic heterocycles. The molecule has 3 aromatic rings. The molecule has 0 spiro atoms. The molecule has 0 bridgehead atoms. The van der Waals surface area contributed by atoms with Crippen LogP contribution in [-0.4, -0.2) is 49.7 Å². The molecule has 37 heavy (non-hydrogen) atoms. The van der Waals surface area contributed by atoms with Crippen LogP contribution < -0.4 is 10.2 Å². The second-order valence-electron chi connectivity index (χ2n) is 11.8. The molecule has 0 saturated carbocycles. The zero-order valence-electron chi connectivity index (χ0n) is 23.5. The van der Waals surface area contributed by atoms with Crippen LogP contribution in [0.15, 0.2) is 22.8 Å². The lowest BCUT2D eigenvalue weighted by Gasteiger charge is -2.37. The predicted molar refractivity (Wildman–Crippen MR) is 154 cm³/mol. The first-order valence-corrected chi connectivity index (χ1v) is 16.4. The van der Waals surface area contributed by atoms with E-state index in [0.717, 1.165) is 20.7 Å². The van der Waals surface area contributed by atoms with E-state index in [1.54, 1.807) is 17.6 Å². The molecule has 3 rings (SSSR count). The third-order valence-corrected chi connectivity index (χ3v) is 12.5. The van der Waals surface area contributed by atoms with E-state index in [-0.39, 0.29) is 16.4 Å². The summed E-state index contributed by atoms with van der Waals surface area (Å²) in [5.41, 5.74) is 1.19. The molecule has 0 fully saturated rings. The number of nitrogens with one attached hydrogen (secondary N) is 1. The topological polar surface area (TPSA) is 89.7 Å². The Morgan fingerprint density at radius 3 is 2.49 bits per heavy atom. The number of carbonyl (C=O) groups excluding carboxylic acids is 1. The Hall–Kier alpha value is -2.14. The maximum atomic E-state index is 12.7. The van der Waals surface area contributed by atoms with Crippen LogP contribution in [0.5, 0.6) is 0 Å². The third kappa shape index (κ3) is 7.25. The van der Waals surface area contributed by atoms with Gasteiger partial charge in [-0.2, -0.15) is 4.98 Å². The number of carbonyl (C=O) groups is 1. The molecule has 0 aromatic carbocycles. The van der Waals surface area contributed by atoms with Gasteiger partial charge in [0.1, 0.15) is 5.60 Å². The van der Waals surface area contributed by atoms with Gasteiger partial charge in [-0.05, 0) is 69.1 Å². The van der Waals surface area contributed by atoms with Crippen LogP contribution in [0.3, 0.4) is 0 Å². The largest absolute Gasteiger partial charge is 0.448 e. The van der Waals surface area contributed by atoms with E-state index in [4.69, 9.17) is 25.2 Å². The summed E-state index contributed by atoms with van der Waals surface area (Å²) >= 11 is 7.91. The lowest BCUT2D eigenvalue weighted by Crippen LogP contribution is -2.48. The number of aromatic nitrogens is 2. The minimum Gasteiger partial charge on any atom is -0.448 e. The van der Waals surface area contributed by atoms with E-state index < -0.39 is 20.0 Å². The minimum atomic E-state index is -2.04. The molecule has 0 aliphatic rings. The van der Waals surface area contributed by atoms with E-state index in [1.165, 1.54) is 0 Å². The summed E-state index contributed by atoms with van der Waals surface area (Å²) in [5, 5.41) is 3.26. The van der Waals surface area contributed by atoms with Crippen LogP contribution in [0, 0.1) is 6.92 Å².